The fourth-order valence-corrected chi connectivity index (χ4v) is 2.76. The van der Waals surface area contributed by atoms with E-state index in [1.807, 2.05) is 24.3 Å². The van der Waals surface area contributed by atoms with Crippen molar-refractivity contribution in [1.29, 1.82) is 0 Å². The van der Waals surface area contributed by atoms with Gasteiger partial charge in [-0.05, 0) is 0 Å². The Kier molecular flexibility index (Phi) is 4.07. The van der Waals surface area contributed by atoms with Crippen LogP contribution in [0.15, 0.2) is 24.3 Å². The Labute approximate surface area is 149 Å². The maximum Gasteiger partial charge on any atom is 0.211 e. The minimum atomic E-state index is -0.559. The number of ether oxygens (including phenoxy) is 6. The summed E-state index contributed by atoms with van der Waals surface area (Å²) >= 11 is 0. The molecular formula is C19H19FO6. The molecule has 6 nitrogen and oxygen atoms in total. The molecule has 5 rings (SSSR count). The van der Waals surface area contributed by atoms with Crippen LogP contribution in [-0.4, -0.2) is 58.0 Å². The normalized spacial score (nSPS) is 25.8. The maximum atomic E-state index is 15.3. The molecular weight excluding hydrogens is 343 g/mol. The highest BCUT2D eigenvalue weighted by atomic mass is 19.1. The Hall–Kier alpha value is -2.09. The smallest absolute Gasteiger partial charge is 0.211 e. The Balaban J connectivity index is 1.54. The average molecular weight is 362 g/mol. The van der Waals surface area contributed by atoms with Crippen molar-refractivity contribution in [3.63, 3.8) is 0 Å². The summed E-state index contributed by atoms with van der Waals surface area (Å²) in [6, 6.07) is 7.41. The lowest BCUT2D eigenvalue weighted by Crippen LogP contribution is -2.12. The predicted molar refractivity (Wildman–Crippen MR) is 89.6 cm³/mol. The van der Waals surface area contributed by atoms with Crippen LogP contribution in [0.4, 0.5) is 4.39 Å². The van der Waals surface area contributed by atoms with Gasteiger partial charge in [0.05, 0.1) is 19.8 Å². The highest BCUT2D eigenvalue weighted by Crippen LogP contribution is 2.45. The van der Waals surface area contributed by atoms with Gasteiger partial charge in [0.2, 0.25) is 11.6 Å². The molecule has 3 aliphatic heterocycles. The molecule has 3 aliphatic rings. The minimum absolute atomic E-state index is 0.00437. The Morgan fingerprint density at radius 3 is 1.65 bits per heavy atom. The zero-order valence-corrected chi connectivity index (χ0v) is 14.1. The summed E-state index contributed by atoms with van der Waals surface area (Å²) in [5, 5.41) is 1.39. The van der Waals surface area contributed by atoms with E-state index in [9.17, 15) is 0 Å². The van der Waals surface area contributed by atoms with Gasteiger partial charge in [0.25, 0.3) is 0 Å². The van der Waals surface area contributed by atoms with Gasteiger partial charge in [-0.1, -0.05) is 24.3 Å². The number of hydrogen-bond acceptors (Lipinski definition) is 6. The number of epoxide rings is 3. The second-order valence-electron chi connectivity index (χ2n) is 6.65. The molecule has 2 aromatic rings. The van der Waals surface area contributed by atoms with Crippen molar-refractivity contribution in [3.8, 4) is 17.2 Å². The quantitative estimate of drug-likeness (QED) is 0.638. The van der Waals surface area contributed by atoms with Crippen molar-refractivity contribution in [3.05, 3.63) is 30.1 Å². The van der Waals surface area contributed by atoms with Gasteiger partial charge in [0.1, 0.15) is 38.1 Å². The minimum Gasteiger partial charge on any atom is -0.487 e. The van der Waals surface area contributed by atoms with Gasteiger partial charge < -0.3 is 28.4 Å². The van der Waals surface area contributed by atoms with E-state index >= 15 is 4.39 Å². The van der Waals surface area contributed by atoms with E-state index < -0.39 is 5.82 Å². The molecule has 7 heteroatoms. The lowest BCUT2D eigenvalue weighted by Gasteiger charge is -2.18. The third-order valence-electron chi connectivity index (χ3n) is 4.47. The lowest BCUT2D eigenvalue weighted by molar-refractivity contribution is 0.215. The largest absolute Gasteiger partial charge is 0.487 e. The van der Waals surface area contributed by atoms with Crippen LogP contribution in [0.3, 0.4) is 0 Å². The van der Waals surface area contributed by atoms with Crippen molar-refractivity contribution < 1.29 is 32.8 Å². The number of fused-ring (bicyclic) bond motifs is 1. The van der Waals surface area contributed by atoms with Crippen LogP contribution in [0.2, 0.25) is 0 Å². The van der Waals surface area contributed by atoms with E-state index in [-0.39, 0.29) is 36.4 Å². The zero-order valence-electron chi connectivity index (χ0n) is 14.1. The van der Waals surface area contributed by atoms with E-state index in [1.54, 1.807) is 0 Å². The molecule has 0 bridgehead atoms. The third-order valence-corrected chi connectivity index (χ3v) is 4.47. The summed E-state index contributed by atoms with van der Waals surface area (Å²) in [5.74, 6) is 0.0467. The van der Waals surface area contributed by atoms with Crippen LogP contribution in [0.25, 0.3) is 10.8 Å². The van der Waals surface area contributed by atoms with Crippen LogP contribution in [0.1, 0.15) is 0 Å². The fraction of sp³-hybridized carbons (Fsp3) is 0.474. The summed E-state index contributed by atoms with van der Waals surface area (Å²) in [6.07, 6.45) is 0.0874. The van der Waals surface area contributed by atoms with E-state index in [0.29, 0.717) is 44.2 Å². The van der Waals surface area contributed by atoms with Crippen molar-refractivity contribution in [1.82, 2.24) is 0 Å². The monoisotopic (exact) mass is 362 g/mol. The third kappa shape index (κ3) is 3.42. The van der Waals surface area contributed by atoms with Crippen LogP contribution >= 0.6 is 0 Å². The molecule has 3 saturated heterocycles. The van der Waals surface area contributed by atoms with E-state index in [4.69, 9.17) is 28.4 Å². The van der Waals surface area contributed by atoms with Crippen molar-refractivity contribution in [2.24, 2.45) is 0 Å². The topological polar surface area (TPSA) is 65.3 Å². The van der Waals surface area contributed by atoms with Crippen LogP contribution in [-0.2, 0) is 14.2 Å². The second kappa shape index (κ2) is 6.57. The van der Waals surface area contributed by atoms with E-state index in [2.05, 4.69) is 0 Å². The summed E-state index contributed by atoms with van der Waals surface area (Å²) in [7, 11) is 0. The first-order chi connectivity index (χ1) is 12.8. The van der Waals surface area contributed by atoms with Gasteiger partial charge in [0, 0.05) is 10.8 Å². The highest BCUT2D eigenvalue weighted by Gasteiger charge is 2.31. The molecule has 0 aliphatic carbocycles. The highest BCUT2D eigenvalue weighted by molar-refractivity contribution is 5.96. The molecule has 0 spiro atoms. The van der Waals surface area contributed by atoms with Gasteiger partial charge >= 0.3 is 0 Å². The zero-order chi connectivity index (χ0) is 17.5. The van der Waals surface area contributed by atoms with Crippen molar-refractivity contribution in [2.45, 2.75) is 18.3 Å². The first kappa shape index (κ1) is 16.1. The predicted octanol–water partition coefficient (Wildman–Crippen LogP) is 2.31. The standard InChI is InChI=1S/C19H19FO6/c20-16-17(24-8-11-5-21-11)14-3-1-2-4-15(14)18(25-9-12-6-22-12)19(16)26-10-13-7-23-13/h1-4,11-13H,5-10H2. The summed E-state index contributed by atoms with van der Waals surface area (Å²) < 4.78 is 48.2. The molecule has 0 saturated carbocycles. The van der Waals surface area contributed by atoms with Crippen molar-refractivity contribution in [2.75, 3.05) is 39.6 Å². The first-order valence-electron chi connectivity index (χ1n) is 8.77. The molecule has 138 valence electrons. The fourth-order valence-electron chi connectivity index (χ4n) is 2.76. The lowest BCUT2D eigenvalue weighted by atomic mass is 10.1. The molecule has 0 radical (unpaired) electrons. The SMILES string of the molecule is Fc1c(OCC2CO2)c(OCC2CO2)c2ccccc2c1OCC1CO1. The molecule has 3 fully saturated rings. The molecule has 3 atom stereocenters. The first-order valence-corrected chi connectivity index (χ1v) is 8.77. The number of halogens is 1. The van der Waals surface area contributed by atoms with Gasteiger partial charge in [-0.25, -0.2) is 0 Å². The summed E-state index contributed by atoms with van der Waals surface area (Å²) in [4.78, 5) is 0. The molecule has 0 amide bonds. The molecule has 26 heavy (non-hydrogen) atoms. The van der Waals surface area contributed by atoms with Crippen LogP contribution < -0.4 is 14.2 Å². The summed E-state index contributed by atoms with van der Waals surface area (Å²) in [6.45, 7) is 2.87. The van der Waals surface area contributed by atoms with Gasteiger partial charge in [-0.2, -0.15) is 4.39 Å². The van der Waals surface area contributed by atoms with E-state index in [0.717, 1.165) is 5.39 Å². The number of hydrogen-bond donors (Lipinski definition) is 0. The van der Waals surface area contributed by atoms with Gasteiger partial charge in [-0.3, -0.25) is 0 Å². The summed E-state index contributed by atoms with van der Waals surface area (Å²) in [5.41, 5.74) is 0. The molecule has 0 N–H and O–H groups in total. The van der Waals surface area contributed by atoms with Crippen LogP contribution in [0.5, 0.6) is 17.2 Å². The van der Waals surface area contributed by atoms with Gasteiger partial charge in [0.15, 0.2) is 11.5 Å². The van der Waals surface area contributed by atoms with Crippen molar-refractivity contribution >= 4 is 10.8 Å². The van der Waals surface area contributed by atoms with Gasteiger partial charge in [-0.15, -0.1) is 0 Å². The molecule has 2 aromatic carbocycles. The Morgan fingerprint density at radius 2 is 1.15 bits per heavy atom. The van der Waals surface area contributed by atoms with E-state index in [1.165, 1.54) is 0 Å². The Bertz CT molecular complexity index is 813. The molecule has 3 unspecified atom stereocenters. The van der Waals surface area contributed by atoms with Crippen LogP contribution in [0, 0.1) is 5.82 Å². The maximum absolute atomic E-state index is 15.3. The number of benzene rings is 2. The molecule has 3 heterocycles. The average Bonchev–Trinajstić information content (AvgIpc) is 3.51. The molecule has 0 aromatic heterocycles. The second-order valence-corrected chi connectivity index (χ2v) is 6.65. The Morgan fingerprint density at radius 1 is 0.731 bits per heavy atom. The number of rotatable bonds is 9.